The smallest absolute Gasteiger partial charge is 0.394 e. The van der Waals surface area contributed by atoms with Gasteiger partial charge in [-0.1, -0.05) is 0 Å². The molecule has 0 saturated heterocycles. The highest BCUT2D eigenvalue weighted by Gasteiger charge is 2.13. The lowest BCUT2D eigenvalue weighted by Gasteiger charge is -2.07. The Hall–Kier alpha value is -1.56. The van der Waals surface area contributed by atoms with Crippen molar-refractivity contribution in [1.29, 1.82) is 0 Å². The van der Waals surface area contributed by atoms with Crippen molar-refractivity contribution in [3.05, 3.63) is 22.7 Å². The monoisotopic (exact) mass is 273 g/mol. The summed E-state index contributed by atoms with van der Waals surface area (Å²) in [5.41, 5.74) is 0.349. The minimum Gasteiger partial charge on any atom is -0.497 e. The highest BCUT2D eigenvalue weighted by atomic mass is 79.9. The van der Waals surface area contributed by atoms with Crippen LogP contribution < -0.4 is 10.1 Å². The Labute approximate surface area is 94.2 Å². The molecule has 6 heteroatoms. The van der Waals surface area contributed by atoms with Crippen LogP contribution in [0.15, 0.2) is 22.7 Å². The van der Waals surface area contributed by atoms with E-state index in [9.17, 15) is 9.59 Å². The molecular weight excluding hydrogens is 266 g/mol. The van der Waals surface area contributed by atoms with Crippen LogP contribution in [-0.2, 0) is 9.59 Å². The van der Waals surface area contributed by atoms with E-state index in [1.807, 2.05) is 0 Å². The third-order valence-electron chi connectivity index (χ3n) is 1.62. The van der Waals surface area contributed by atoms with Crippen LogP contribution in [0.3, 0.4) is 0 Å². The third-order valence-corrected chi connectivity index (χ3v) is 2.31. The van der Waals surface area contributed by atoms with Gasteiger partial charge in [-0.3, -0.25) is 4.79 Å². The molecule has 5 nitrogen and oxygen atoms in total. The van der Waals surface area contributed by atoms with E-state index in [0.29, 0.717) is 15.9 Å². The average molecular weight is 274 g/mol. The Kier molecular flexibility index (Phi) is 3.68. The maximum Gasteiger partial charge on any atom is 0.394 e. The SMILES string of the molecule is COc1ccc(Br)c(NC(=O)C(=O)O)c1. The van der Waals surface area contributed by atoms with E-state index >= 15 is 0 Å². The molecule has 0 aliphatic rings. The summed E-state index contributed by atoms with van der Waals surface area (Å²) in [6.45, 7) is 0. The first-order valence-electron chi connectivity index (χ1n) is 3.92. The number of hydrogen-bond acceptors (Lipinski definition) is 3. The predicted molar refractivity (Wildman–Crippen MR) is 57.0 cm³/mol. The van der Waals surface area contributed by atoms with Gasteiger partial charge in [-0.15, -0.1) is 0 Å². The first kappa shape index (κ1) is 11.5. The maximum atomic E-state index is 10.9. The van der Waals surface area contributed by atoms with Crippen molar-refractivity contribution < 1.29 is 19.4 Å². The molecule has 0 aliphatic carbocycles. The number of anilines is 1. The molecule has 0 heterocycles. The number of nitrogens with one attached hydrogen (secondary N) is 1. The van der Waals surface area contributed by atoms with Crippen LogP contribution >= 0.6 is 15.9 Å². The van der Waals surface area contributed by atoms with Gasteiger partial charge in [-0.2, -0.15) is 0 Å². The minimum atomic E-state index is -1.54. The molecule has 0 atom stereocenters. The van der Waals surface area contributed by atoms with Crippen LogP contribution in [0.5, 0.6) is 5.75 Å². The van der Waals surface area contributed by atoms with E-state index in [2.05, 4.69) is 21.2 Å². The Morgan fingerprint density at radius 1 is 1.47 bits per heavy atom. The Morgan fingerprint density at radius 2 is 2.13 bits per heavy atom. The molecule has 0 aromatic heterocycles. The van der Waals surface area contributed by atoms with Crippen LogP contribution in [0.4, 0.5) is 5.69 Å². The van der Waals surface area contributed by atoms with Gasteiger partial charge in [-0.05, 0) is 28.1 Å². The number of rotatable bonds is 2. The van der Waals surface area contributed by atoms with Crippen molar-refractivity contribution in [3.8, 4) is 5.75 Å². The number of aliphatic carboxylic acids is 1. The summed E-state index contributed by atoms with van der Waals surface area (Å²) in [4.78, 5) is 21.2. The Balaban J connectivity index is 2.93. The second kappa shape index (κ2) is 4.79. The third kappa shape index (κ3) is 2.95. The summed E-state index contributed by atoms with van der Waals surface area (Å²) in [5, 5.41) is 10.6. The van der Waals surface area contributed by atoms with Crippen molar-refractivity contribution >= 4 is 33.5 Å². The van der Waals surface area contributed by atoms with Crippen molar-refractivity contribution in [2.24, 2.45) is 0 Å². The van der Waals surface area contributed by atoms with Gasteiger partial charge in [0.1, 0.15) is 5.75 Å². The number of amides is 1. The predicted octanol–water partition coefficient (Wildman–Crippen LogP) is 1.48. The number of benzene rings is 1. The Morgan fingerprint density at radius 3 is 2.67 bits per heavy atom. The first-order valence-corrected chi connectivity index (χ1v) is 4.71. The lowest BCUT2D eigenvalue weighted by atomic mass is 10.3. The molecule has 15 heavy (non-hydrogen) atoms. The van der Waals surface area contributed by atoms with Gasteiger partial charge < -0.3 is 15.2 Å². The quantitative estimate of drug-likeness (QED) is 0.801. The van der Waals surface area contributed by atoms with Gasteiger partial charge in [0.15, 0.2) is 0 Å². The van der Waals surface area contributed by atoms with Crippen LogP contribution in [0.1, 0.15) is 0 Å². The lowest BCUT2D eigenvalue weighted by Crippen LogP contribution is -2.22. The molecule has 1 rings (SSSR count). The number of methoxy groups -OCH3 is 1. The summed E-state index contributed by atoms with van der Waals surface area (Å²) in [6.07, 6.45) is 0. The Bertz CT molecular complexity index is 405. The van der Waals surface area contributed by atoms with Crippen molar-refractivity contribution in [2.45, 2.75) is 0 Å². The summed E-state index contributed by atoms with van der Waals surface area (Å²) in [5.74, 6) is -2.10. The molecule has 0 fully saturated rings. The van der Waals surface area contributed by atoms with Gasteiger partial charge >= 0.3 is 11.9 Å². The zero-order chi connectivity index (χ0) is 11.4. The zero-order valence-corrected chi connectivity index (χ0v) is 9.37. The number of carbonyl (C=O) groups excluding carboxylic acids is 1. The molecule has 1 aromatic carbocycles. The van der Waals surface area contributed by atoms with E-state index in [4.69, 9.17) is 9.84 Å². The number of hydrogen-bond donors (Lipinski definition) is 2. The van der Waals surface area contributed by atoms with E-state index < -0.39 is 11.9 Å². The van der Waals surface area contributed by atoms with Crippen molar-refractivity contribution in [3.63, 3.8) is 0 Å². The number of carbonyl (C=O) groups is 2. The average Bonchev–Trinajstić information content (AvgIpc) is 2.21. The molecule has 0 spiro atoms. The van der Waals surface area contributed by atoms with Crippen LogP contribution in [-0.4, -0.2) is 24.1 Å². The normalized spacial score (nSPS) is 9.47. The first-order chi connectivity index (χ1) is 7.04. The maximum absolute atomic E-state index is 10.9. The van der Waals surface area contributed by atoms with Crippen LogP contribution in [0.25, 0.3) is 0 Å². The molecule has 1 amide bonds. The summed E-state index contributed by atoms with van der Waals surface area (Å²) < 4.78 is 5.51. The molecule has 1 aromatic rings. The van der Waals surface area contributed by atoms with Crippen molar-refractivity contribution in [2.75, 3.05) is 12.4 Å². The number of carboxylic acid groups (broad SMARTS) is 1. The van der Waals surface area contributed by atoms with E-state index in [0.717, 1.165) is 0 Å². The molecule has 0 radical (unpaired) electrons. The second-order valence-corrected chi connectivity index (χ2v) is 3.46. The number of ether oxygens (including phenoxy) is 1. The van der Waals surface area contributed by atoms with E-state index in [1.54, 1.807) is 12.1 Å². The largest absolute Gasteiger partial charge is 0.497 e. The van der Waals surface area contributed by atoms with Gasteiger partial charge in [0.2, 0.25) is 0 Å². The second-order valence-electron chi connectivity index (χ2n) is 2.61. The molecule has 80 valence electrons. The molecule has 0 aliphatic heterocycles. The fourth-order valence-corrected chi connectivity index (χ4v) is 1.25. The lowest BCUT2D eigenvalue weighted by molar-refractivity contribution is -0.147. The molecule has 0 unspecified atom stereocenters. The molecular formula is C9H8BrNO4. The summed E-state index contributed by atoms with van der Waals surface area (Å²) >= 11 is 3.17. The van der Waals surface area contributed by atoms with E-state index in [-0.39, 0.29) is 0 Å². The van der Waals surface area contributed by atoms with Gasteiger partial charge in [0, 0.05) is 10.5 Å². The fourth-order valence-electron chi connectivity index (χ4n) is 0.903. The zero-order valence-electron chi connectivity index (χ0n) is 7.78. The highest BCUT2D eigenvalue weighted by molar-refractivity contribution is 9.10. The highest BCUT2D eigenvalue weighted by Crippen LogP contribution is 2.26. The van der Waals surface area contributed by atoms with Crippen LogP contribution in [0, 0.1) is 0 Å². The molecule has 0 bridgehead atoms. The summed E-state index contributed by atoms with van der Waals surface area (Å²) in [7, 11) is 1.48. The van der Waals surface area contributed by atoms with Crippen molar-refractivity contribution in [1.82, 2.24) is 0 Å². The van der Waals surface area contributed by atoms with Gasteiger partial charge in [0.25, 0.3) is 0 Å². The standard InChI is InChI=1S/C9H8BrNO4/c1-15-5-2-3-6(10)7(4-5)11-8(12)9(13)14/h2-4H,1H3,(H,11,12)(H,13,14). The minimum absolute atomic E-state index is 0.349. The topological polar surface area (TPSA) is 75.6 Å². The van der Waals surface area contributed by atoms with Gasteiger partial charge in [0.05, 0.1) is 12.8 Å². The fraction of sp³-hybridized carbons (Fsp3) is 0.111. The summed E-state index contributed by atoms with van der Waals surface area (Å²) in [6, 6.07) is 4.85. The molecule has 2 N–H and O–H groups in total. The number of halogens is 1. The molecule has 0 saturated carbocycles. The van der Waals surface area contributed by atoms with E-state index in [1.165, 1.54) is 13.2 Å². The number of carboxylic acids is 1. The van der Waals surface area contributed by atoms with Gasteiger partial charge in [-0.25, -0.2) is 4.79 Å². The van der Waals surface area contributed by atoms with Crippen LogP contribution in [0.2, 0.25) is 0 Å².